The van der Waals surface area contributed by atoms with Gasteiger partial charge in [0.05, 0.1) is 12.6 Å². The van der Waals surface area contributed by atoms with E-state index in [4.69, 9.17) is 0 Å². The Labute approximate surface area is 126 Å². The normalized spacial score (nSPS) is 35.7. The first-order valence-electron chi connectivity index (χ1n) is 8.16. The Morgan fingerprint density at radius 3 is 2.52 bits per heavy atom. The zero-order valence-corrected chi connectivity index (χ0v) is 12.7. The van der Waals surface area contributed by atoms with Gasteiger partial charge in [-0.1, -0.05) is 0 Å². The van der Waals surface area contributed by atoms with Crippen molar-refractivity contribution in [3.63, 3.8) is 0 Å². The Morgan fingerprint density at radius 2 is 1.90 bits per heavy atom. The standard InChI is InChI=1S/C15H26N4O2/c1-19-11-4-5-12(19)8-10(7-11)18-14(20)9-17-15(21)13-3-2-6-16-13/h10-13,16H,2-9H2,1H3,(H,17,21)(H,18,20). The highest BCUT2D eigenvalue weighted by atomic mass is 16.2. The zero-order chi connectivity index (χ0) is 14.8. The maximum Gasteiger partial charge on any atom is 0.239 e. The van der Waals surface area contributed by atoms with Crippen LogP contribution < -0.4 is 16.0 Å². The molecule has 0 aromatic carbocycles. The van der Waals surface area contributed by atoms with Gasteiger partial charge < -0.3 is 20.9 Å². The summed E-state index contributed by atoms with van der Waals surface area (Å²) in [5, 5.41) is 8.96. The molecule has 3 aliphatic heterocycles. The summed E-state index contributed by atoms with van der Waals surface area (Å²) in [6.45, 7) is 0.987. The van der Waals surface area contributed by atoms with Crippen LogP contribution in [0.4, 0.5) is 0 Å². The topological polar surface area (TPSA) is 73.5 Å². The lowest BCUT2D eigenvalue weighted by atomic mass is 9.98. The third-order valence-corrected chi connectivity index (χ3v) is 5.26. The van der Waals surface area contributed by atoms with Crippen LogP contribution in [-0.2, 0) is 9.59 Å². The molecule has 3 unspecified atom stereocenters. The molecule has 0 spiro atoms. The first-order chi connectivity index (χ1) is 10.1. The van der Waals surface area contributed by atoms with Crippen LogP contribution in [0.5, 0.6) is 0 Å². The minimum absolute atomic E-state index is 0.0499. The molecule has 3 aliphatic rings. The number of fused-ring (bicyclic) bond motifs is 2. The predicted octanol–water partition coefficient (Wildman–Crippen LogP) is -0.404. The van der Waals surface area contributed by atoms with Crippen LogP contribution in [-0.4, -0.2) is 61.0 Å². The van der Waals surface area contributed by atoms with Gasteiger partial charge in [0.25, 0.3) is 0 Å². The molecule has 2 amide bonds. The van der Waals surface area contributed by atoms with Crippen LogP contribution in [0.25, 0.3) is 0 Å². The number of hydrogen-bond donors (Lipinski definition) is 3. The molecule has 0 aromatic heterocycles. The number of nitrogens with zero attached hydrogens (tertiary/aromatic N) is 1. The third-order valence-electron chi connectivity index (χ3n) is 5.26. The summed E-state index contributed by atoms with van der Waals surface area (Å²) in [7, 11) is 2.19. The second kappa shape index (κ2) is 6.32. The monoisotopic (exact) mass is 294 g/mol. The lowest BCUT2D eigenvalue weighted by Gasteiger charge is -2.36. The number of carbonyl (C=O) groups is 2. The maximum atomic E-state index is 12.0. The van der Waals surface area contributed by atoms with Crippen molar-refractivity contribution >= 4 is 11.8 Å². The van der Waals surface area contributed by atoms with Crippen molar-refractivity contribution in [2.75, 3.05) is 20.1 Å². The Morgan fingerprint density at radius 1 is 1.19 bits per heavy atom. The van der Waals surface area contributed by atoms with E-state index in [-0.39, 0.29) is 30.4 Å². The van der Waals surface area contributed by atoms with E-state index in [9.17, 15) is 9.59 Å². The van der Waals surface area contributed by atoms with Crippen molar-refractivity contribution in [3.05, 3.63) is 0 Å². The van der Waals surface area contributed by atoms with Gasteiger partial charge >= 0.3 is 0 Å². The van der Waals surface area contributed by atoms with Crippen LogP contribution in [0.1, 0.15) is 38.5 Å². The summed E-state index contributed by atoms with van der Waals surface area (Å²) in [6, 6.07) is 1.39. The number of hydrogen-bond acceptors (Lipinski definition) is 4. The third kappa shape index (κ3) is 3.37. The van der Waals surface area contributed by atoms with E-state index >= 15 is 0 Å². The second-order valence-corrected chi connectivity index (χ2v) is 6.65. The fourth-order valence-electron chi connectivity index (χ4n) is 4.01. The van der Waals surface area contributed by atoms with E-state index in [0.29, 0.717) is 12.1 Å². The molecule has 21 heavy (non-hydrogen) atoms. The lowest BCUT2D eigenvalue weighted by Crippen LogP contribution is -2.51. The largest absolute Gasteiger partial charge is 0.352 e. The van der Waals surface area contributed by atoms with Crippen molar-refractivity contribution in [2.24, 2.45) is 0 Å². The van der Waals surface area contributed by atoms with Crippen LogP contribution in [0, 0.1) is 0 Å². The summed E-state index contributed by atoms with van der Waals surface area (Å²) >= 11 is 0. The Hall–Kier alpha value is -1.14. The fourth-order valence-corrected chi connectivity index (χ4v) is 4.01. The molecule has 6 heteroatoms. The van der Waals surface area contributed by atoms with E-state index in [2.05, 4.69) is 27.9 Å². The number of rotatable bonds is 4. The van der Waals surface area contributed by atoms with E-state index < -0.39 is 0 Å². The number of amides is 2. The minimum atomic E-state index is -0.114. The van der Waals surface area contributed by atoms with Gasteiger partial charge in [0.15, 0.2) is 0 Å². The van der Waals surface area contributed by atoms with E-state index in [0.717, 1.165) is 32.2 Å². The number of carbonyl (C=O) groups excluding carboxylic acids is 2. The first-order valence-corrected chi connectivity index (χ1v) is 8.16. The van der Waals surface area contributed by atoms with Gasteiger partial charge in [-0.25, -0.2) is 0 Å². The number of piperidine rings is 1. The highest BCUT2D eigenvalue weighted by Gasteiger charge is 2.38. The van der Waals surface area contributed by atoms with Crippen molar-refractivity contribution in [1.29, 1.82) is 0 Å². The maximum absolute atomic E-state index is 12.0. The van der Waals surface area contributed by atoms with Gasteiger partial charge in [-0.2, -0.15) is 0 Å². The van der Waals surface area contributed by atoms with E-state index in [1.54, 1.807) is 0 Å². The second-order valence-electron chi connectivity index (χ2n) is 6.65. The van der Waals surface area contributed by atoms with Crippen molar-refractivity contribution in [2.45, 2.75) is 62.7 Å². The van der Waals surface area contributed by atoms with Crippen molar-refractivity contribution < 1.29 is 9.59 Å². The predicted molar refractivity (Wildman–Crippen MR) is 79.8 cm³/mol. The summed E-state index contributed by atoms with van der Waals surface area (Å²) in [4.78, 5) is 26.3. The molecule has 3 atom stereocenters. The molecule has 3 fully saturated rings. The molecule has 3 N–H and O–H groups in total. The quantitative estimate of drug-likeness (QED) is 0.659. The van der Waals surface area contributed by atoms with Gasteiger partial charge in [-0.15, -0.1) is 0 Å². The molecule has 0 aliphatic carbocycles. The average Bonchev–Trinajstić information content (AvgIpc) is 3.04. The highest BCUT2D eigenvalue weighted by molar-refractivity contribution is 5.87. The molecule has 6 nitrogen and oxygen atoms in total. The molecule has 0 aromatic rings. The Kier molecular flexibility index (Phi) is 4.45. The SMILES string of the molecule is CN1C2CCC1CC(NC(=O)CNC(=O)C1CCCN1)C2. The number of nitrogens with one attached hydrogen (secondary N) is 3. The Bertz CT molecular complexity index is 394. The zero-order valence-electron chi connectivity index (χ0n) is 12.7. The van der Waals surface area contributed by atoms with Crippen molar-refractivity contribution in [1.82, 2.24) is 20.9 Å². The van der Waals surface area contributed by atoms with Crippen LogP contribution >= 0.6 is 0 Å². The van der Waals surface area contributed by atoms with Crippen LogP contribution in [0.2, 0.25) is 0 Å². The molecular formula is C15H26N4O2. The molecule has 0 radical (unpaired) electrons. The summed E-state index contributed by atoms with van der Waals surface area (Å²) in [5.41, 5.74) is 0. The Balaban J connectivity index is 1.39. The smallest absolute Gasteiger partial charge is 0.239 e. The molecule has 118 valence electrons. The van der Waals surface area contributed by atoms with E-state index in [1.165, 1.54) is 12.8 Å². The van der Waals surface area contributed by atoms with Gasteiger partial charge in [0.1, 0.15) is 0 Å². The van der Waals surface area contributed by atoms with Gasteiger partial charge in [0, 0.05) is 18.1 Å². The molecule has 3 rings (SSSR count). The molecule has 2 bridgehead atoms. The first kappa shape index (κ1) is 14.8. The van der Waals surface area contributed by atoms with Crippen molar-refractivity contribution in [3.8, 4) is 0 Å². The van der Waals surface area contributed by atoms with Gasteiger partial charge in [0.2, 0.25) is 11.8 Å². The minimum Gasteiger partial charge on any atom is -0.352 e. The van der Waals surface area contributed by atoms with Gasteiger partial charge in [-0.05, 0) is 52.1 Å². The van der Waals surface area contributed by atoms with E-state index in [1.807, 2.05) is 0 Å². The average molecular weight is 294 g/mol. The molecule has 3 saturated heterocycles. The van der Waals surface area contributed by atoms with Crippen LogP contribution in [0.15, 0.2) is 0 Å². The summed E-state index contributed by atoms with van der Waals surface area (Å²) < 4.78 is 0. The fraction of sp³-hybridized carbons (Fsp3) is 0.867. The summed E-state index contributed by atoms with van der Waals surface area (Å²) in [6.07, 6.45) is 6.47. The molecular weight excluding hydrogens is 268 g/mol. The highest BCUT2D eigenvalue weighted by Crippen LogP contribution is 2.34. The summed E-state index contributed by atoms with van der Waals surface area (Å²) in [5.74, 6) is -0.110. The molecule has 3 heterocycles. The van der Waals surface area contributed by atoms with Gasteiger partial charge in [-0.3, -0.25) is 9.59 Å². The lowest BCUT2D eigenvalue weighted by molar-refractivity contribution is -0.127. The molecule has 0 saturated carbocycles. The van der Waals surface area contributed by atoms with Crippen LogP contribution in [0.3, 0.4) is 0 Å².